The van der Waals surface area contributed by atoms with E-state index < -0.39 is 16.1 Å². The number of carbonyl (C=O) groups excluding carboxylic acids is 1. The van der Waals surface area contributed by atoms with Gasteiger partial charge in [0.05, 0.1) is 15.6 Å². The SMILES string of the molecule is CC[C@@H](Oc1ccccc1Cl)C(=O)Nc1ccc(S(=O)(=O)Nc2cc(Cl)cc(Cl)c2)cc1. The summed E-state index contributed by atoms with van der Waals surface area (Å²) in [7, 11) is -3.88. The number of para-hydroxylation sites is 1. The van der Waals surface area contributed by atoms with Gasteiger partial charge in [-0.05, 0) is 61.0 Å². The third-order valence-corrected chi connectivity index (χ3v) is 6.46. The summed E-state index contributed by atoms with van der Waals surface area (Å²) in [6, 6.07) is 17.0. The molecule has 0 bridgehead atoms. The summed E-state index contributed by atoms with van der Waals surface area (Å²) < 4.78 is 33.4. The predicted octanol–water partition coefficient (Wildman–Crippen LogP) is 6.24. The molecular weight excluding hydrogens is 495 g/mol. The number of amides is 1. The molecule has 6 nitrogen and oxygen atoms in total. The standard InChI is InChI=1S/C22H19Cl3N2O4S/c1-2-20(31-21-6-4-3-5-19(21)25)22(28)26-16-7-9-18(10-8-16)32(29,30)27-17-12-14(23)11-15(24)13-17/h3-13,20,27H,2H2,1H3,(H,26,28)/t20-/m1/s1. The lowest BCUT2D eigenvalue weighted by Crippen LogP contribution is -2.32. The summed E-state index contributed by atoms with van der Waals surface area (Å²) in [4.78, 5) is 12.6. The van der Waals surface area contributed by atoms with Crippen molar-refractivity contribution in [2.24, 2.45) is 0 Å². The molecular formula is C22H19Cl3N2O4S. The van der Waals surface area contributed by atoms with Crippen molar-refractivity contribution < 1.29 is 17.9 Å². The zero-order chi connectivity index (χ0) is 23.3. The number of rotatable bonds is 8. The average molecular weight is 514 g/mol. The zero-order valence-electron chi connectivity index (χ0n) is 16.8. The Labute approximate surface area is 201 Å². The molecule has 3 aromatic carbocycles. The summed E-state index contributed by atoms with van der Waals surface area (Å²) in [5.41, 5.74) is 0.656. The van der Waals surface area contributed by atoms with Crippen LogP contribution >= 0.6 is 34.8 Å². The first-order valence-electron chi connectivity index (χ1n) is 9.49. The van der Waals surface area contributed by atoms with Crippen LogP contribution in [0, 0.1) is 0 Å². The first kappa shape index (κ1) is 24.2. The molecule has 0 saturated carbocycles. The highest BCUT2D eigenvalue weighted by atomic mass is 35.5. The second kappa shape index (κ2) is 10.4. The molecule has 0 unspecified atom stereocenters. The average Bonchev–Trinajstić information content (AvgIpc) is 2.72. The van der Waals surface area contributed by atoms with Crippen LogP contribution in [-0.4, -0.2) is 20.4 Å². The van der Waals surface area contributed by atoms with E-state index in [9.17, 15) is 13.2 Å². The second-order valence-corrected chi connectivity index (χ2v) is 9.68. The maximum absolute atomic E-state index is 12.6. The number of nitrogens with one attached hydrogen (secondary N) is 2. The highest BCUT2D eigenvalue weighted by Gasteiger charge is 2.20. The minimum Gasteiger partial charge on any atom is -0.479 e. The van der Waals surface area contributed by atoms with Gasteiger partial charge in [0.15, 0.2) is 6.10 Å². The Morgan fingerprint density at radius 2 is 1.56 bits per heavy atom. The molecule has 0 aliphatic carbocycles. The molecule has 2 N–H and O–H groups in total. The van der Waals surface area contributed by atoms with Crippen molar-refractivity contribution >= 4 is 62.1 Å². The van der Waals surface area contributed by atoms with Gasteiger partial charge in [0.1, 0.15) is 5.75 Å². The maximum Gasteiger partial charge on any atom is 0.265 e. The third-order valence-electron chi connectivity index (χ3n) is 4.32. The molecule has 10 heteroatoms. The van der Waals surface area contributed by atoms with E-state index in [1.54, 1.807) is 24.3 Å². The van der Waals surface area contributed by atoms with Gasteiger partial charge in [0, 0.05) is 15.7 Å². The lowest BCUT2D eigenvalue weighted by atomic mass is 10.2. The van der Waals surface area contributed by atoms with Gasteiger partial charge in [0.2, 0.25) is 0 Å². The minimum absolute atomic E-state index is 0.00551. The Bertz CT molecular complexity index is 1200. The van der Waals surface area contributed by atoms with Gasteiger partial charge in [-0.1, -0.05) is 53.9 Å². The molecule has 0 saturated heterocycles. The van der Waals surface area contributed by atoms with E-state index in [0.717, 1.165) is 0 Å². The fourth-order valence-electron chi connectivity index (χ4n) is 2.78. The van der Waals surface area contributed by atoms with E-state index >= 15 is 0 Å². The molecule has 3 rings (SSSR count). The van der Waals surface area contributed by atoms with E-state index in [4.69, 9.17) is 39.5 Å². The fourth-order valence-corrected chi connectivity index (χ4v) is 4.53. The van der Waals surface area contributed by atoms with Crippen LogP contribution < -0.4 is 14.8 Å². The van der Waals surface area contributed by atoms with Crippen molar-refractivity contribution in [1.82, 2.24) is 0 Å². The second-order valence-electron chi connectivity index (χ2n) is 6.72. The summed E-state index contributed by atoms with van der Waals surface area (Å²) >= 11 is 17.9. The van der Waals surface area contributed by atoms with Crippen molar-refractivity contribution in [3.05, 3.63) is 81.8 Å². The number of hydrogen-bond donors (Lipinski definition) is 2. The molecule has 3 aromatic rings. The molecule has 0 radical (unpaired) electrons. The van der Waals surface area contributed by atoms with E-state index in [2.05, 4.69) is 10.0 Å². The van der Waals surface area contributed by atoms with E-state index in [1.165, 1.54) is 42.5 Å². The lowest BCUT2D eigenvalue weighted by Gasteiger charge is -2.18. The van der Waals surface area contributed by atoms with Crippen LogP contribution in [0.4, 0.5) is 11.4 Å². The Kier molecular flexibility index (Phi) is 7.90. The van der Waals surface area contributed by atoms with Crippen LogP contribution in [0.3, 0.4) is 0 Å². The van der Waals surface area contributed by atoms with Crippen molar-refractivity contribution in [1.29, 1.82) is 0 Å². The molecule has 32 heavy (non-hydrogen) atoms. The Hall–Kier alpha value is -2.45. The number of carbonyl (C=O) groups is 1. The normalized spacial score (nSPS) is 12.1. The molecule has 0 aromatic heterocycles. The van der Waals surface area contributed by atoms with Crippen molar-refractivity contribution in [2.45, 2.75) is 24.3 Å². The summed E-state index contributed by atoms with van der Waals surface area (Å²) in [6.45, 7) is 1.81. The predicted molar refractivity (Wildman–Crippen MR) is 129 cm³/mol. The van der Waals surface area contributed by atoms with E-state index in [-0.39, 0.29) is 16.5 Å². The molecule has 1 atom stereocenters. The number of halogens is 3. The van der Waals surface area contributed by atoms with Gasteiger partial charge >= 0.3 is 0 Å². The Morgan fingerprint density at radius 1 is 0.938 bits per heavy atom. The van der Waals surface area contributed by atoms with Crippen LogP contribution in [0.15, 0.2) is 71.6 Å². The zero-order valence-corrected chi connectivity index (χ0v) is 19.9. The molecule has 0 heterocycles. The monoisotopic (exact) mass is 512 g/mol. The van der Waals surface area contributed by atoms with Gasteiger partial charge in [-0.15, -0.1) is 0 Å². The van der Waals surface area contributed by atoms with Gasteiger partial charge in [-0.2, -0.15) is 0 Å². The molecule has 0 spiro atoms. The third kappa shape index (κ3) is 6.29. The number of benzene rings is 3. The summed E-state index contributed by atoms with van der Waals surface area (Å²) in [5.74, 6) is 0.0273. The smallest absolute Gasteiger partial charge is 0.265 e. The van der Waals surface area contributed by atoms with Crippen molar-refractivity contribution in [2.75, 3.05) is 10.0 Å². The number of sulfonamides is 1. The van der Waals surface area contributed by atoms with Gasteiger partial charge in [0.25, 0.3) is 15.9 Å². The first-order chi connectivity index (χ1) is 15.2. The van der Waals surface area contributed by atoms with E-state index in [1.807, 2.05) is 6.92 Å². The van der Waals surface area contributed by atoms with Crippen LogP contribution in [0.2, 0.25) is 15.1 Å². The van der Waals surface area contributed by atoms with Crippen LogP contribution in [0.25, 0.3) is 0 Å². The molecule has 1 amide bonds. The Morgan fingerprint density at radius 3 is 2.16 bits per heavy atom. The summed E-state index contributed by atoms with van der Waals surface area (Å²) in [6.07, 6.45) is -0.358. The minimum atomic E-state index is -3.88. The van der Waals surface area contributed by atoms with E-state index in [0.29, 0.717) is 32.9 Å². The number of ether oxygens (including phenoxy) is 1. The fraction of sp³-hybridized carbons (Fsp3) is 0.136. The van der Waals surface area contributed by atoms with Gasteiger partial charge < -0.3 is 10.1 Å². The number of hydrogen-bond acceptors (Lipinski definition) is 4. The van der Waals surface area contributed by atoms with Crippen LogP contribution in [0.5, 0.6) is 5.75 Å². The van der Waals surface area contributed by atoms with Crippen LogP contribution in [0.1, 0.15) is 13.3 Å². The first-order valence-corrected chi connectivity index (χ1v) is 12.1. The molecule has 0 fully saturated rings. The topological polar surface area (TPSA) is 84.5 Å². The van der Waals surface area contributed by atoms with Gasteiger partial charge in [-0.3, -0.25) is 9.52 Å². The summed E-state index contributed by atoms with van der Waals surface area (Å²) in [5, 5.41) is 3.73. The van der Waals surface area contributed by atoms with Crippen molar-refractivity contribution in [3.63, 3.8) is 0 Å². The highest BCUT2D eigenvalue weighted by molar-refractivity contribution is 7.92. The number of anilines is 2. The van der Waals surface area contributed by atoms with Gasteiger partial charge in [-0.25, -0.2) is 8.42 Å². The molecule has 168 valence electrons. The van der Waals surface area contributed by atoms with Crippen LogP contribution in [-0.2, 0) is 14.8 Å². The molecule has 0 aliphatic rings. The molecule has 0 aliphatic heterocycles. The maximum atomic E-state index is 12.6. The highest BCUT2D eigenvalue weighted by Crippen LogP contribution is 2.26. The Balaban J connectivity index is 1.69. The lowest BCUT2D eigenvalue weighted by molar-refractivity contribution is -0.122. The van der Waals surface area contributed by atoms with Crippen molar-refractivity contribution in [3.8, 4) is 5.75 Å². The largest absolute Gasteiger partial charge is 0.479 e. The quantitative estimate of drug-likeness (QED) is 0.373.